The Kier molecular flexibility index (Phi) is 4.53. The van der Waals surface area contributed by atoms with Crippen LogP contribution in [0, 0.1) is 5.82 Å². The van der Waals surface area contributed by atoms with Gasteiger partial charge in [-0.15, -0.1) is 0 Å². The number of carbonyl (C=O) groups is 1. The molecule has 3 nitrogen and oxygen atoms in total. The topological polar surface area (TPSA) is 51.2 Å². The molecule has 0 heterocycles. The first-order valence-corrected chi connectivity index (χ1v) is 7.74. The number of rotatable bonds is 4. The molecule has 0 radical (unpaired) electrons. The lowest BCUT2D eigenvalue weighted by molar-refractivity contribution is -0.172. The second kappa shape index (κ2) is 5.40. The molecule has 118 valence electrons. The number of alkyl halides is 3. The zero-order valence-corrected chi connectivity index (χ0v) is 12.4. The van der Waals surface area contributed by atoms with Gasteiger partial charge in [-0.05, 0) is 29.2 Å². The number of hydrogen-bond donors (Lipinski definition) is 0. The van der Waals surface area contributed by atoms with Crippen LogP contribution in [0.3, 0.4) is 0 Å². The van der Waals surface area contributed by atoms with E-state index in [0.717, 1.165) is 24.5 Å². The van der Waals surface area contributed by atoms with Gasteiger partial charge >= 0.3 is 6.18 Å². The van der Waals surface area contributed by atoms with Crippen LogP contribution in [0.25, 0.3) is 0 Å². The van der Waals surface area contributed by atoms with E-state index in [9.17, 15) is 30.8 Å². The molecular formula is C13H14F4O3S. The van der Waals surface area contributed by atoms with E-state index in [1.807, 2.05) is 0 Å². The lowest BCUT2D eigenvalue weighted by Crippen LogP contribution is -2.32. The maximum absolute atomic E-state index is 13.3. The van der Waals surface area contributed by atoms with Crippen molar-refractivity contribution in [2.75, 3.05) is 6.26 Å². The number of hydrogen-bond acceptors (Lipinski definition) is 3. The number of halogens is 4. The van der Waals surface area contributed by atoms with Gasteiger partial charge in [0.1, 0.15) is 5.82 Å². The van der Waals surface area contributed by atoms with Crippen LogP contribution in [-0.4, -0.2) is 26.6 Å². The number of carbonyl (C=O) groups excluding carboxylic acids is 1. The zero-order valence-electron chi connectivity index (χ0n) is 11.6. The molecule has 0 aliphatic rings. The largest absolute Gasteiger partial charge is 0.450 e. The molecule has 0 aliphatic heterocycles. The van der Waals surface area contributed by atoms with Crippen molar-refractivity contribution in [2.45, 2.75) is 36.8 Å². The maximum atomic E-state index is 13.3. The lowest BCUT2D eigenvalue weighted by atomic mass is 9.80. The molecule has 1 aromatic carbocycles. The fourth-order valence-electron chi connectivity index (χ4n) is 1.95. The highest BCUT2D eigenvalue weighted by atomic mass is 32.2. The van der Waals surface area contributed by atoms with Crippen molar-refractivity contribution in [2.24, 2.45) is 0 Å². The molecule has 0 amide bonds. The minimum atomic E-state index is -5.02. The quantitative estimate of drug-likeness (QED) is 0.631. The molecular weight excluding hydrogens is 312 g/mol. The number of Topliss-reactive ketones (excluding diaryl/α,β-unsaturated/α-hetero) is 1. The summed E-state index contributed by atoms with van der Waals surface area (Å²) in [5.41, 5.74) is -1.63. The van der Waals surface area contributed by atoms with Gasteiger partial charge in [0.15, 0.2) is 9.84 Å². The van der Waals surface area contributed by atoms with Gasteiger partial charge < -0.3 is 0 Å². The summed E-state index contributed by atoms with van der Waals surface area (Å²) in [5, 5.41) is 0. The standard InChI is InChI=1S/C13H14F4O3S/c1-12(2,7-11(18)13(15,16)17)9-6-8(14)4-5-10(9)21(3,19)20/h4-6H,7H2,1-3H3. The van der Waals surface area contributed by atoms with E-state index in [1.54, 1.807) is 0 Å². The third kappa shape index (κ3) is 4.26. The average Bonchev–Trinajstić information content (AvgIpc) is 2.25. The van der Waals surface area contributed by atoms with Crippen molar-refractivity contribution < 1.29 is 30.8 Å². The Morgan fingerprint density at radius 1 is 1.19 bits per heavy atom. The van der Waals surface area contributed by atoms with Crippen LogP contribution in [0.5, 0.6) is 0 Å². The molecule has 1 aromatic rings. The summed E-state index contributed by atoms with van der Waals surface area (Å²) >= 11 is 0. The van der Waals surface area contributed by atoms with Crippen molar-refractivity contribution in [1.82, 2.24) is 0 Å². The molecule has 0 saturated carbocycles. The predicted molar refractivity (Wildman–Crippen MR) is 68.2 cm³/mol. The Balaban J connectivity index is 3.38. The van der Waals surface area contributed by atoms with Crippen LogP contribution in [0.2, 0.25) is 0 Å². The van der Waals surface area contributed by atoms with Crippen molar-refractivity contribution in [1.29, 1.82) is 0 Å². The van der Waals surface area contributed by atoms with Crippen molar-refractivity contribution in [3.63, 3.8) is 0 Å². The van der Waals surface area contributed by atoms with E-state index in [-0.39, 0.29) is 10.5 Å². The van der Waals surface area contributed by atoms with Gasteiger partial charge in [-0.1, -0.05) is 13.8 Å². The van der Waals surface area contributed by atoms with Crippen LogP contribution in [0.15, 0.2) is 23.1 Å². The van der Waals surface area contributed by atoms with Gasteiger partial charge in [0, 0.05) is 12.7 Å². The highest BCUT2D eigenvalue weighted by Crippen LogP contribution is 2.35. The van der Waals surface area contributed by atoms with E-state index >= 15 is 0 Å². The second-order valence-corrected chi connectivity index (χ2v) is 7.38. The number of ketones is 1. The Labute approximate surface area is 119 Å². The van der Waals surface area contributed by atoms with Gasteiger partial charge in [0.25, 0.3) is 0 Å². The average molecular weight is 326 g/mol. The highest BCUT2D eigenvalue weighted by molar-refractivity contribution is 7.90. The Morgan fingerprint density at radius 2 is 1.71 bits per heavy atom. The Morgan fingerprint density at radius 3 is 2.14 bits per heavy atom. The monoisotopic (exact) mass is 326 g/mol. The van der Waals surface area contributed by atoms with Crippen molar-refractivity contribution in [3.8, 4) is 0 Å². The van der Waals surface area contributed by atoms with Crippen molar-refractivity contribution in [3.05, 3.63) is 29.6 Å². The molecule has 1 rings (SSSR count). The zero-order chi connectivity index (χ0) is 16.6. The molecule has 21 heavy (non-hydrogen) atoms. The van der Waals surface area contributed by atoms with Crippen LogP contribution >= 0.6 is 0 Å². The van der Waals surface area contributed by atoms with Gasteiger partial charge in [-0.25, -0.2) is 12.8 Å². The third-order valence-electron chi connectivity index (χ3n) is 2.99. The number of sulfone groups is 1. The van der Waals surface area contributed by atoms with Gasteiger partial charge in [-0.2, -0.15) is 13.2 Å². The predicted octanol–water partition coefficient (Wildman–Crippen LogP) is 3.03. The SMILES string of the molecule is CC(C)(CC(=O)C(F)(F)F)c1cc(F)ccc1S(C)(=O)=O. The summed E-state index contributed by atoms with van der Waals surface area (Å²) in [6.45, 7) is 2.53. The molecule has 0 aliphatic carbocycles. The molecule has 0 saturated heterocycles. The van der Waals surface area contributed by atoms with Crippen LogP contribution in [0.1, 0.15) is 25.8 Å². The fraction of sp³-hybridized carbons (Fsp3) is 0.462. The molecule has 8 heteroatoms. The normalized spacial score (nSPS) is 13.3. The van der Waals surface area contributed by atoms with Crippen molar-refractivity contribution >= 4 is 15.6 Å². The first-order valence-electron chi connectivity index (χ1n) is 5.85. The van der Waals surface area contributed by atoms with Crippen LogP contribution < -0.4 is 0 Å². The van der Waals surface area contributed by atoms with E-state index in [2.05, 4.69) is 0 Å². The minimum Gasteiger partial charge on any atom is -0.290 e. The number of benzene rings is 1. The van der Waals surface area contributed by atoms with Gasteiger partial charge in [0.05, 0.1) is 4.90 Å². The van der Waals surface area contributed by atoms with Crippen LogP contribution in [0.4, 0.5) is 17.6 Å². The van der Waals surface area contributed by atoms with E-state index in [4.69, 9.17) is 0 Å². The summed E-state index contributed by atoms with van der Waals surface area (Å²) in [4.78, 5) is 10.8. The summed E-state index contributed by atoms with van der Waals surface area (Å²) in [6.07, 6.45) is -5.12. The van der Waals surface area contributed by atoms with E-state index in [1.165, 1.54) is 13.8 Å². The molecule has 0 bridgehead atoms. The van der Waals surface area contributed by atoms with Gasteiger partial charge in [0.2, 0.25) is 5.78 Å². The van der Waals surface area contributed by atoms with Gasteiger partial charge in [-0.3, -0.25) is 4.79 Å². The first-order chi connectivity index (χ1) is 9.25. The molecule has 0 fully saturated rings. The summed E-state index contributed by atoms with van der Waals surface area (Å²) in [6, 6.07) is 2.74. The highest BCUT2D eigenvalue weighted by Gasteiger charge is 2.42. The molecule has 0 spiro atoms. The summed E-state index contributed by atoms with van der Waals surface area (Å²) < 4.78 is 73.8. The lowest BCUT2D eigenvalue weighted by Gasteiger charge is -2.27. The first kappa shape index (κ1) is 17.6. The smallest absolute Gasteiger partial charge is 0.290 e. The Bertz CT molecular complexity index is 660. The second-order valence-electron chi connectivity index (χ2n) is 5.39. The van der Waals surface area contributed by atoms with E-state index < -0.39 is 39.4 Å². The molecule has 0 atom stereocenters. The summed E-state index contributed by atoms with van der Waals surface area (Å²) in [7, 11) is -3.76. The Hall–Kier alpha value is -1.44. The minimum absolute atomic E-state index is 0.150. The molecule has 0 aromatic heterocycles. The molecule has 0 unspecified atom stereocenters. The van der Waals surface area contributed by atoms with Crippen LogP contribution in [-0.2, 0) is 20.0 Å². The molecule has 0 N–H and O–H groups in total. The maximum Gasteiger partial charge on any atom is 0.450 e. The van der Waals surface area contributed by atoms with E-state index in [0.29, 0.717) is 0 Å². The summed E-state index contributed by atoms with van der Waals surface area (Å²) in [5.74, 6) is -2.78. The fourth-order valence-corrected chi connectivity index (χ4v) is 3.00. The third-order valence-corrected chi connectivity index (χ3v) is 4.14.